The van der Waals surface area contributed by atoms with Crippen molar-refractivity contribution in [1.29, 1.82) is 0 Å². The predicted octanol–water partition coefficient (Wildman–Crippen LogP) is 2.56. The molecule has 5 nitrogen and oxygen atoms in total. The first-order valence-corrected chi connectivity index (χ1v) is 8.32. The Bertz CT molecular complexity index is 530. The van der Waals surface area contributed by atoms with Crippen LogP contribution in [0.3, 0.4) is 0 Å². The van der Waals surface area contributed by atoms with Gasteiger partial charge in [0.05, 0.1) is 13.0 Å². The van der Waals surface area contributed by atoms with Crippen LogP contribution in [-0.4, -0.2) is 50.1 Å². The second-order valence-corrected chi connectivity index (χ2v) is 5.81. The van der Waals surface area contributed by atoms with Crippen LogP contribution >= 0.6 is 0 Å². The van der Waals surface area contributed by atoms with Gasteiger partial charge in [-0.25, -0.2) is 0 Å². The smallest absolute Gasteiger partial charge is 0.308 e. The highest BCUT2D eigenvalue weighted by Crippen LogP contribution is 2.21. The molecule has 1 heterocycles. The normalized spacial score (nSPS) is 15.3. The van der Waals surface area contributed by atoms with Crippen LogP contribution in [0.2, 0.25) is 0 Å². The maximum Gasteiger partial charge on any atom is 0.308 e. The first kappa shape index (κ1) is 17.3. The Hall–Kier alpha value is -2.04. The van der Waals surface area contributed by atoms with Crippen LogP contribution < -0.4 is 4.90 Å². The first-order valence-electron chi connectivity index (χ1n) is 8.32. The van der Waals surface area contributed by atoms with E-state index in [1.807, 2.05) is 29.2 Å². The van der Waals surface area contributed by atoms with Crippen LogP contribution in [0.15, 0.2) is 24.3 Å². The minimum absolute atomic E-state index is 0.0411. The molecule has 1 aliphatic heterocycles. The zero-order valence-electron chi connectivity index (χ0n) is 14.2. The van der Waals surface area contributed by atoms with E-state index >= 15 is 0 Å². The Balaban J connectivity index is 1.97. The van der Waals surface area contributed by atoms with Gasteiger partial charge in [-0.2, -0.15) is 0 Å². The van der Waals surface area contributed by atoms with Crippen molar-refractivity contribution in [2.24, 2.45) is 5.92 Å². The third kappa shape index (κ3) is 4.03. The van der Waals surface area contributed by atoms with Crippen molar-refractivity contribution in [3.63, 3.8) is 0 Å². The Labute approximate surface area is 138 Å². The van der Waals surface area contributed by atoms with Gasteiger partial charge in [0.1, 0.15) is 0 Å². The Kier molecular flexibility index (Phi) is 6.02. The molecule has 126 valence electrons. The topological polar surface area (TPSA) is 49.9 Å². The summed E-state index contributed by atoms with van der Waals surface area (Å²) >= 11 is 0. The van der Waals surface area contributed by atoms with Crippen molar-refractivity contribution in [2.45, 2.75) is 26.7 Å². The van der Waals surface area contributed by atoms with Crippen molar-refractivity contribution in [3.8, 4) is 0 Å². The number of hydrogen-bond acceptors (Lipinski definition) is 4. The summed E-state index contributed by atoms with van der Waals surface area (Å²) in [5, 5.41) is 0. The fourth-order valence-electron chi connectivity index (χ4n) is 3.07. The van der Waals surface area contributed by atoms with Gasteiger partial charge in [-0.1, -0.05) is 0 Å². The lowest BCUT2D eigenvalue weighted by molar-refractivity contribution is -0.146. The van der Waals surface area contributed by atoms with Crippen molar-refractivity contribution < 1.29 is 14.3 Å². The number of benzene rings is 1. The Morgan fingerprint density at radius 3 is 2.17 bits per heavy atom. The summed E-state index contributed by atoms with van der Waals surface area (Å²) in [6, 6.07) is 7.79. The second kappa shape index (κ2) is 7.99. The fraction of sp³-hybridized carbons (Fsp3) is 0.556. The van der Waals surface area contributed by atoms with Gasteiger partial charge in [0.2, 0.25) is 0 Å². The molecule has 0 N–H and O–H groups in total. The molecule has 0 aromatic heterocycles. The molecule has 1 saturated heterocycles. The number of hydrogen-bond donors (Lipinski definition) is 0. The molecule has 1 fully saturated rings. The maximum absolute atomic E-state index is 12.6. The molecule has 0 atom stereocenters. The zero-order chi connectivity index (χ0) is 16.8. The number of carbonyl (C=O) groups is 2. The van der Waals surface area contributed by atoms with Gasteiger partial charge in [0, 0.05) is 37.4 Å². The number of likely N-dealkylation sites (tertiary alicyclic amines) is 1. The minimum atomic E-state index is -0.166. The quantitative estimate of drug-likeness (QED) is 0.783. The number of esters is 1. The molecule has 0 aliphatic carbocycles. The lowest BCUT2D eigenvalue weighted by Crippen LogP contribution is -2.40. The van der Waals surface area contributed by atoms with Gasteiger partial charge in [-0.3, -0.25) is 9.59 Å². The minimum Gasteiger partial charge on any atom is -0.469 e. The summed E-state index contributed by atoms with van der Waals surface area (Å²) in [6.45, 7) is 7.35. The molecule has 1 amide bonds. The number of amides is 1. The number of anilines is 1. The molecule has 0 saturated carbocycles. The second-order valence-electron chi connectivity index (χ2n) is 5.81. The van der Waals surface area contributed by atoms with E-state index in [4.69, 9.17) is 4.74 Å². The first-order chi connectivity index (χ1) is 11.1. The molecule has 5 heteroatoms. The molecule has 0 radical (unpaired) electrons. The third-order valence-electron chi connectivity index (χ3n) is 4.56. The van der Waals surface area contributed by atoms with Gasteiger partial charge >= 0.3 is 5.97 Å². The number of nitrogens with zero attached hydrogens (tertiary/aromatic N) is 2. The van der Waals surface area contributed by atoms with Crippen LogP contribution in [0.25, 0.3) is 0 Å². The van der Waals surface area contributed by atoms with Gasteiger partial charge in [-0.15, -0.1) is 0 Å². The molecular formula is C18H26N2O3. The van der Waals surface area contributed by atoms with E-state index in [-0.39, 0.29) is 17.8 Å². The van der Waals surface area contributed by atoms with E-state index in [9.17, 15) is 9.59 Å². The van der Waals surface area contributed by atoms with E-state index in [1.54, 1.807) is 0 Å². The average molecular weight is 318 g/mol. The van der Waals surface area contributed by atoms with E-state index in [1.165, 1.54) is 7.11 Å². The monoisotopic (exact) mass is 318 g/mol. The van der Waals surface area contributed by atoms with Gasteiger partial charge < -0.3 is 14.5 Å². The molecule has 1 aliphatic rings. The summed E-state index contributed by atoms with van der Waals surface area (Å²) in [7, 11) is 1.41. The molecule has 23 heavy (non-hydrogen) atoms. The number of carbonyl (C=O) groups excluding carboxylic acids is 2. The number of rotatable bonds is 5. The SMILES string of the molecule is CCN(CC)c1ccc(C(=O)N2CCC(C(=O)OC)CC2)cc1. The van der Waals surface area contributed by atoms with Gasteiger partial charge in [0.25, 0.3) is 5.91 Å². The van der Waals surface area contributed by atoms with E-state index in [0.29, 0.717) is 31.5 Å². The standard InChI is InChI=1S/C18H26N2O3/c1-4-19(5-2)16-8-6-14(7-9-16)17(21)20-12-10-15(11-13-20)18(22)23-3/h6-9,15H,4-5,10-13H2,1-3H3. The lowest BCUT2D eigenvalue weighted by Gasteiger charge is -2.31. The van der Waals surface area contributed by atoms with Crippen LogP contribution in [0, 0.1) is 5.92 Å². The fourth-order valence-corrected chi connectivity index (χ4v) is 3.07. The summed E-state index contributed by atoms with van der Waals surface area (Å²) in [4.78, 5) is 28.2. The highest BCUT2D eigenvalue weighted by Gasteiger charge is 2.28. The summed E-state index contributed by atoms with van der Waals surface area (Å²) < 4.78 is 4.78. The number of piperidine rings is 1. The van der Waals surface area contributed by atoms with Crippen molar-refractivity contribution in [2.75, 3.05) is 38.2 Å². The molecule has 1 aromatic rings. The summed E-state index contributed by atoms with van der Waals surface area (Å²) in [6.07, 6.45) is 1.35. The van der Waals surface area contributed by atoms with Gasteiger partial charge in [-0.05, 0) is 51.0 Å². The van der Waals surface area contributed by atoms with Crippen LogP contribution in [-0.2, 0) is 9.53 Å². The summed E-state index contributed by atoms with van der Waals surface area (Å²) in [5.74, 6) is -0.200. The Morgan fingerprint density at radius 1 is 1.13 bits per heavy atom. The largest absolute Gasteiger partial charge is 0.469 e. The zero-order valence-corrected chi connectivity index (χ0v) is 14.2. The molecule has 0 bridgehead atoms. The number of ether oxygens (including phenoxy) is 1. The predicted molar refractivity (Wildman–Crippen MR) is 90.6 cm³/mol. The molecule has 0 spiro atoms. The van der Waals surface area contributed by atoms with Crippen molar-refractivity contribution in [3.05, 3.63) is 29.8 Å². The van der Waals surface area contributed by atoms with E-state index in [2.05, 4.69) is 18.7 Å². The van der Waals surface area contributed by atoms with E-state index in [0.717, 1.165) is 18.8 Å². The van der Waals surface area contributed by atoms with Crippen LogP contribution in [0.1, 0.15) is 37.0 Å². The van der Waals surface area contributed by atoms with Crippen LogP contribution in [0.5, 0.6) is 0 Å². The maximum atomic E-state index is 12.6. The summed E-state index contributed by atoms with van der Waals surface area (Å²) in [5.41, 5.74) is 1.84. The van der Waals surface area contributed by atoms with Crippen LogP contribution in [0.4, 0.5) is 5.69 Å². The molecule has 0 unspecified atom stereocenters. The highest BCUT2D eigenvalue weighted by molar-refractivity contribution is 5.94. The van der Waals surface area contributed by atoms with Crippen molar-refractivity contribution >= 4 is 17.6 Å². The Morgan fingerprint density at radius 2 is 1.70 bits per heavy atom. The third-order valence-corrected chi connectivity index (χ3v) is 4.56. The van der Waals surface area contributed by atoms with E-state index < -0.39 is 0 Å². The molecule has 2 rings (SSSR count). The number of methoxy groups -OCH3 is 1. The van der Waals surface area contributed by atoms with Crippen molar-refractivity contribution in [1.82, 2.24) is 4.90 Å². The highest BCUT2D eigenvalue weighted by atomic mass is 16.5. The average Bonchev–Trinajstić information content (AvgIpc) is 2.62. The lowest BCUT2D eigenvalue weighted by atomic mass is 9.96. The molecular weight excluding hydrogens is 292 g/mol. The van der Waals surface area contributed by atoms with Gasteiger partial charge in [0.15, 0.2) is 0 Å². The molecule has 1 aromatic carbocycles.